The molecule has 202 valence electrons. The molecule has 1 aliphatic rings. The summed E-state index contributed by atoms with van der Waals surface area (Å²) in [7, 11) is 1.58. The first-order valence-corrected chi connectivity index (χ1v) is 12.4. The van der Waals surface area contributed by atoms with Gasteiger partial charge in [-0.2, -0.15) is 0 Å². The van der Waals surface area contributed by atoms with Crippen LogP contribution in [0.25, 0.3) is 10.9 Å². The van der Waals surface area contributed by atoms with E-state index in [-0.39, 0.29) is 53.3 Å². The molecule has 0 aliphatic carbocycles. The maximum absolute atomic E-state index is 15.6. The Morgan fingerprint density at radius 3 is 2.44 bits per heavy atom. The van der Waals surface area contributed by atoms with Gasteiger partial charge in [0.2, 0.25) is 5.43 Å². The third kappa shape index (κ3) is 4.62. The third-order valence-corrected chi connectivity index (χ3v) is 7.10. The molecule has 0 radical (unpaired) electrons. The number of carbonyl (C=O) groups is 1. The molecule has 1 aromatic heterocycles. The van der Waals surface area contributed by atoms with Crippen molar-refractivity contribution in [2.75, 3.05) is 31.3 Å². The van der Waals surface area contributed by atoms with Crippen molar-refractivity contribution < 1.29 is 28.2 Å². The number of aromatic nitrogens is 1. The van der Waals surface area contributed by atoms with E-state index in [0.717, 1.165) is 11.1 Å². The molecule has 2 atom stereocenters. The quantitative estimate of drug-likeness (QED) is 0.267. The zero-order valence-corrected chi connectivity index (χ0v) is 21.3. The number of anilines is 2. The second-order valence-corrected chi connectivity index (χ2v) is 9.49. The number of nitrogens with two attached hydrogens (primary N) is 1. The van der Waals surface area contributed by atoms with E-state index in [1.54, 1.807) is 30.7 Å². The Kier molecular flexibility index (Phi) is 6.86. The van der Waals surface area contributed by atoms with Gasteiger partial charge in [-0.05, 0) is 48.7 Å². The van der Waals surface area contributed by atoms with Gasteiger partial charge in [0.05, 0.1) is 29.7 Å². The number of hydrogen-bond donors (Lipinski definition) is 3. The van der Waals surface area contributed by atoms with Gasteiger partial charge in [-0.1, -0.05) is 24.3 Å². The van der Waals surface area contributed by atoms with Gasteiger partial charge in [-0.3, -0.25) is 4.79 Å². The van der Waals surface area contributed by atoms with Gasteiger partial charge in [0.15, 0.2) is 11.6 Å². The molecule has 0 amide bonds. The van der Waals surface area contributed by atoms with Gasteiger partial charge in [0, 0.05) is 18.7 Å². The van der Waals surface area contributed by atoms with Gasteiger partial charge >= 0.3 is 5.97 Å². The molecule has 3 aromatic carbocycles. The summed E-state index contributed by atoms with van der Waals surface area (Å²) in [6, 6.07) is 13.4. The van der Waals surface area contributed by atoms with Crippen molar-refractivity contribution in [1.82, 2.24) is 4.57 Å². The predicted octanol–water partition coefficient (Wildman–Crippen LogP) is 5.16. The lowest BCUT2D eigenvalue weighted by Crippen LogP contribution is -2.28. The second kappa shape index (κ2) is 10.3. The summed E-state index contributed by atoms with van der Waals surface area (Å²) >= 11 is 0. The summed E-state index contributed by atoms with van der Waals surface area (Å²) in [5.41, 5.74) is 6.36. The molecule has 0 saturated heterocycles. The minimum Gasteiger partial charge on any atom is -0.497 e. The summed E-state index contributed by atoms with van der Waals surface area (Å²) in [6.45, 7) is 2.22. The number of nitrogens with zero attached hydrogens (tertiary/aromatic N) is 1. The number of rotatable bonds is 8. The minimum atomic E-state index is -1.42. The van der Waals surface area contributed by atoms with Gasteiger partial charge in [0.1, 0.15) is 29.4 Å². The molecule has 0 fully saturated rings. The van der Waals surface area contributed by atoms with Crippen LogP contribution in [0.3, 0.4) is 0 Å². The van der Waals surface area contributed by atoms with Crippen molar-refractivity contribution in [3.63, 3.8) is 0 Å². The Bertz CT molecular complexity index is 1620. The van der Waals surface area contributed by atoms with E-state index in [1.807, 2.05) is 24.3 Å². The van der Waals surface area contributed by atoms with Crippen LogP contribution in [0.4, 0.5) is 20.2 Å². The minimum absolute atomic E-state index is 0.00397. The van der Waals surface area contributed by atoms with Crippen LogP contribution in [0.15, 0.2) is 59.5 Å². The standard InChI is InChI=1S/C29H27F2N3O5/c1-15-14-39-28-25(23(31)24(32)22-26(28)34(15)13-21(27(22)35)29(36)37)33-12-11-20(16-3-7-18(30)8-4-16)17-5-9-19(38-2)10-6-17/h3-10,13,15,20,33H,11-12,14,32H2,1-2H3,(H,36,37)/t15-,20?/m0/s1. The molecule has 39 heavy (non-hydrogen) atoms. The normalized spacial score (nSPS) is 15.0. The fourth-order valence-corrected chi connectivity index (χ4v) is 5.06. The molecule has 0 bridgehead atoms. The number of aromatic carboxylic acids is 1. The van der Waals surface area contributed by atoms with Crippen molar-refractivity contribution in [3.05, 3.63) is 93.3 Å². The van der Waals surface area contributed by atoms with Crippen LogP contribution in [0, 0.1) is 11.6 Å². The summed E-state index contributed by atoms with van der Waals surface area (Å²) < 4.78 is 42.0. The fourth-order valence-electron chi connectivity index (χ4n) is 5.06. The zero-order valence-electron chi connectivity index (χ0n) is 21.3. The van der Waals surface area contributed by atoms with Crippen LogP contribution in [0.2, 0.25) is 0 Å². The van der Waals surface area contributed by atoms with Crippen LogP contribution >= 0.6 is 0 Å². The summed E-state index contributed by atoms with van der Waals surface area (Å²) in [4.78, 5) is 24.6. The molecule has 1 unspecified atom stereocenters. The number of hydrogen-bond acceptors (Lipinski definition) is 6. The Labute approximate surface area is 222 Å². The highest BCUT2D eigenvalue weighted by Gasteiger charge is 2.30. The van der Waals surface area contributed by atoms with E-state index < -0.39 is 28.5 Å². The maximum Gasteiger partial charge on any atom is 0.341 e. The van der Waals surface area contributed by atoms with Gasteiger partial charge in [-0.15, -0.1) is 0 Å². The fraction of sp³-hybridized carbons (Fsp3) is 0.241. The first-order valence-electron chi connectivity index (χ1n) is 12.4. The van der Waals surface area contributed by atoms with E-state index in [9.17, 15) is 19.1 Å². The van der Waals surface area contributed by atoms with Crippen LogP contribution in [-0.2, 0) is 0 Å². The topological polar surface area (TPSA) is 116 Å². The highest BCUT2D eigenvalue weighted by molar-refractivity contribution is 6.03. The summed E-state index contributed by atoms with van der Waals surface area (Å²) in [5.74, 6) is -2.00. The lowest BCUT2D eigenvalue weighted by Gasteiger charge is -2.29. The second-order valence-electron chi connectivity index (χ2n) is 9.49. The Morgan fingerprint density at radius 1 is 1.18 bits per heavy atom. The number of carboxylic acid groups (broad SMARTS) is 1. The SMILES string of the molecule is COc1ccc(C(CCNc2c(F)c(N)c3c(=O)c(C(=O)O)cn4c3c2OC[C@@H]4C)c2ccc(F)cc2)cc1. The third-order valence-electron chi connectivity index (χ3n) is 7.10. The number of benzene rings is 3. The number of pyridine rings is 1. The van der Waals surface area contributed by atoms with Gasteiger partial charge in [-0.25, -0.2) is 13.6 Å². The Morgan fingerprint density at radius 2 is 1.82 bits per heavy atom. The lowest BCUT2D eigenvalue weighted by molar-refractivity contribution is 0.0694. The van der Waals surface area contributed by atoms with Crippen LogP contribution in [0.5, 0.6) is 11.5 Å². The summed E-state index contributed by atoms with van der Waals surface area (Å²) in [6.07, 6.45) is 1.75. The molecule has 0 spiro atoms. The van der Waals surface area contributed by atoms with E-state index >= 15 is 4.39 Å². The van der Waals surface area contributed by atoms with Crippen LogP contribution < -0.4 is 26.0 Å². The number of nitrogen functional groups attached to an aromatic ring is 1. The average Bonchev–Trinajstić information content (AvgIpc) is 2.93. The number of halogens is 2. The Hall–Kier alpha value is -4.60. The molecule has 2 heterocycles. The van der Waals surface area contributed by atoms with Gasteiger partial charge in [0.25, 0.3) is 0 Å². The maximum atomic E-state index is 15.6. The van der Waals surface area contributed by atoms with Crippen molar-refractivity contribution in [2.24, 2.45) is 0 Å². The molecule has 4 aromatic rings. The molecule has 8 nitrogen and oxygen atoms in total. The van der Waals surface area contributed by atoms with E-state index in [4.69, 9.17) is 15.2 Å². The molecule has 5 rings (SSSR count). The van der Waals surface area contributed by atoms with Crippen molar-refractivity contribution in [3.8, 4) is 11.5 Å². The van der Waals surface area contributed by atoms with Crippen molar-refractivity contribution in [2.45, 2.75) is 25.3 Å². The predicted molar refractivity (Wildman–Crippen MR) is 144 cm³/mol. The molecule has 0 saturated carbocycles. The van der Waals surface area contributed by atoms with Crippen molar-refractivity contribution in [1.29, 1.82) is 0 Å². The van der Waals surface area contributed by atoms with E-state index in [1.165, 1.54) is 18.3 Å². The highest BCUT2D eigenvalue weighted by atomic mass is 19.1. The monoisotopic (exact) mass is 535 g/mol. The highest BCUT2D eigenvalue weighted by Crippen LogP contribution is 2.43. The van der Waals surface area contributed by atoms with Crippen LogP contribution in [0.1, 0.15) is 46.8 Å². The first kappa shape index (κ1) is 26.0. The largest absolute Gasteiger partial charge is 0.497 e. The molecular formula is C29H27F2N3O5. The molecule has 4 N–H and O–H groups in total. The van der Waals surface area contributed by atoms with E-state index in [0.29, 0.717) is 12.2 Å². The van der Waals surface area contributed by atoms with Crippen LogP contribution in [-0.4, -0.2) is 35.9 Å². The summed E-state index contributed by atoms with van der Waals surface area (Å²) in [5, 5.41) is 12.4. The molecular weight excluding hydrogens is 508 g/mol. The number of ether oxygens (including phenoxy) is 2. The number of nitrogens with one attached hydrogen (secondary N) is 1. The van der Waals surface area contributed by atoms with Crippen molar-refractivity contribution >= 4 is 28.2 Å². The Balaban J connectivity index is 1.52. The zero-order chi connectivity index (χ0) is 27.8. The average molecular weight is 536 g/mol. The van der Waals surface area contributed by atoms with Gasteiger partial charge < -0.3 is 30.2 Å². The number of carboxylic acids is 1. The smallest absolute Gasteiger partial charge is 0.341 e. The lowest BCUT2D eigenvalue weighted by atomic mass is 9.88. The first-order chi connectivity index (χ1) is 18.7. The van der Waals surface area contributed by atoms with E-state index in [2.05, 4.69) is 5.32 Å². The number of methoxy groups -OCH3 is 1. The molecule has 10 heteroatoms. The molecule has 1 aliphatic heterocycles.